The minimum absolute atomic E-state index is 0.659. The van der Waals surface area contributed by atoms with E-state index in [4.69, 9.17) is 14.2 Å². The molecule has 1 aromatic carbocycles. The molecule has 0 heterocycles. The van der Waals surface area contributed by atoms with Gasteiger partial charge in [-0.15, -0.1) is 0 Å². The quantitative estimate of drug-likeness (QED) is 0.784. The van der Waals surface area contributed by atoms with E-state index in [1.807, 2.05) is 12.1 Å². The zero-order chi connectivity index (χ0) is 13.7. The van der Waals surface area contributed by atoms with Crippen LogP contribution in [0.1, 0.15) is 31.7 Å². The standard InChI is InChI=1S/C15H23NO3/c1-4-7-19-15-13(17-2)8-11(9-14(15)18-3)10-16-12-5-6-12/h8-9,12,16H,4-7,10H2,1-3H3. The third-order valence-electron chi connectivity index (χ3n) is 3.14. The van der Waals surface area contributed by atoms with Crippen LogP contribution < -0.4 is 19.5 Å². The van der Waals surface area contributed by atoms with E-state index in [0.29, 0.717) is 18.4 Å². The Labute approximate surface area is 115 Å². The Morgan fingerprint density at radius 2 is 1.79 bits per heavy atom. The second-order valence-corrected chi connectivity index (χ2v) is 4.83. The molecule has 1 aromatic rings. The molecule has 0 bridgehead atoms. The van der Waals surface area contributed by atoms with E-state index in [1.54, 1.807) is 14.2 Å². The van der Waals surface area contributed by atoms with Crippen LogP contribution in [-0.4, -0.2) is 26.9 Å². The highest BCUT2D eigenvalue weighted by molar-refractivity contribution is 5.53. The van der Waals surface area contributed by atoms with Crippen molar-refractivity contribution < 1.29 is 14.2 Å². The zero-order valence-corrected chi connectivity index (χ0v) is 12.0. The van der Waals surface area contributed by atoms with Crippen molar-refractivity contribution in [2.24, 2.45) is 0 Å². The summed E-state index contributed by atoms with van der Waals surface area (Å²) in [4.78, 5) is 0. The van der Waals surface area contributed by atoms with E-state index in [1.165, 1.54) is 12.8 Å². The van der Waals surface area contributed by atoms with E-state index in [0.717, 1.165) is 30.0 Å². The molecule has 19 heavy (non-hydrogen) atoms. The molecule has 106 valence electrons. The lowest BCUT2D eigenvalue weighted by atomic mass is 10.1. The van der Waals surface area contributed by atoms with Crippen molar-refractivity contribution in [1.82, 2.24) is 5.32 Å². The van der Waals surface area contributed by atoms with Crippen LogP contribution in [0.15, 0.2) is 12.1 Å². The lowest BCUT2D eigenvalue weighted by Gasteiger charge is -2.16. The lowest BCUT2D eigenvalue weighted by Crippen LogP contribution is -2.15. The fourth-order valence-electron chi connectivity index (χ4n) is 1.93. The van der Waals surface area contributed by atoms with Gasteiger partial charge in [0.15, 0.2) is 11.5 Å². The molecule has 1 saturated carbocycles. The fourth-order valence-corrected chi connectivity index (χ4v) is 1.93. The molecular formula is C15H23NO3. The predicted octanol–water partition coefficient (Wildman–Crippen LogP) is 2.74. The molecule has 0 unspecified atom stereocenters. The molecule has 0 atom stereocenters. The molecule has 0 saturated heterocycles. The average Bonchev–Trinajstić information content (AvgIpc) is 3.26. The Hall–Kier alpha value is -1.42. The van der Waals surface area contributed by atoms with Gasteiger partial charge in [0, 0.05) is 12.6 Å². The van der Waals surface area contributed by atoms with Crippen molar-refractivity contribution in [3.63, 3.8) is 0 Å². The summed E-state index contributed by atoms with van der Waals surface area (Å²) in [6.07, 6.45) is 3.52. The Morgan fingerprint density at radius 3 is 2.26 bits per heavy atom. The van der Waals surface area contributed by atoms with Gasteiger partial charge in [0.05, 0.1) is 20.8 Å². The SMILES string of the molecule is CCCOc1c(OC)cc(CNC2CC2)cc1OC. The lowest BCUT2D eigenvalue weighted by molar-refractivity contribution is 0.274. The fraction of sp³-hybridized carbons (Fsp3) is 0.600. The van der Waals surface area contributed by atoms with Crippen molar-refractivity contribution in [3.05, 3.63) is 17.7 Å². The summed E-state index contributed by atoms with van der Waals surface area (Å²) in [5.74, 6) is 2.17. The van der Waals surface area contributed by atoms with Crippen LogP contribution in [0.25, 0.3) is 0 Å². The second-order valence-electron chi connectivity index (χ2n) is 4.83. The van der Waals surface area contributed by atoms with E-state index >= 15 is 0 Å². The van der Waals surface area contributed by atoms with Crippen molar-refractivity contribution >= 4 is 0 Å². The number of ether oxygens (including phenoxy) is 3. The first-order chi connectivity index (χ1) is 9.28. The molecule has 1 fully saturated rings. The van der Waals surface area contributed by atoms with E-state index in [-0.39, 0.29) is 0 Å². The predicted molar refractivity (Wildman–Crippen MR) is 75.2 cm³/mol. The van der Waals surface area contributed by atoms with Gasteiger partial charge in [-0.3, -0.25) is 0 Å². The third-order valence-corrected chi connectivity index (χ3v) is 3.14. The molecule has 4 heteroatoms. The summed E-state index contributed by atoms with van der Waals surface area (Å²) in [6.45, 7) is 3.57. The summed E-state index contributed by atoms with van der Waals surface area (Å²) in [5, 5.41) is 3.49. The molecule has 4 nitrogen and oxygen atoms in total. The summed E-state index contributed by atoms with van der Waals surface area (Å²) in [6, 6.07) is 4.72. The molecule has 0 spiro atoms. The van der Waals surface area contributed by atoms with Crippen LogP contribution in [0.5, 0.6) is 17.2 Å². The van der Waals surface area contributed by atoms with Crippen molar-refractivity contribution in [1.29, 1.82) is 0 Å². The van der Waals surface area contributed by atoms with Gasteiger partial charge in [0.1, 0.15) is 0 Å². The van der Waals surface area contributed by atoms with Crippen LogP contribution in [0.3, 0.4) is 0 Å². The van der Waals surface area contributed by atoms with Crippen LogP contribution in [-0.2, 0) is 6.54 Å². The molecule has 0 radical (unpaired) electrons. The van der Waals surface area contributed by atoms with Crippen molar-refractivity contribution in [2.75, 3.05) is 20.8 Å². The topological polar surface area (TPSA) is 39.7 Å². The first-order valence-corrected chi connectivity index (χ1v) is 6.89. The largest absolute Gasteiger partial charge is 0.493 e. The number of hydrogen-bond donors (Lipinski definition) is 1. The van der Waals surface area contributed by atoms with Gasteiger partial charge in [-0.05, 0) is 37.0 Å². The molecule has 0 aliphatic heterocycles. The first kappa shape index (κ1) is 14.0. The van der Waals surface area contributed by atoms with Crippen molar-refractivity contribution in [2.45, 2.75) is 38.8 Å². The molecule has 1 aliphatic carbocycles. The minimum atomic E-state index is 0.659. The second kappa shape index (κ2) is 6.66. The summed E-state index contributed by atoms with van der Waals surface area (Å²) < 4.78 is 16.6. The maximum Gasteiger partial charge on any atom is 0.203 e. The number of nitrogens with one attached hydrogen (secondary N) is 1. The molecule has 1 N–H and O–H groups in total. The number of rotatable bonds is 8. The van der Waals surface area contributed by atoms with Gasteiger partial charge in [-0.2, -0.15) is 0 Å². The smallest absolute Gasteiger partial charge is 0.203 e. The third kappa shape index (κ3) is 3.77. The highest BCUT2D eigenvalue weighted by Crippen LogP contribution is 2.38. The number of benzene rings is 1. The van der Waals surface area contributed by atoms with Gasteiger partial charge in [0.25, 0.3) is 0 Å². The maximum absolute atomic E-state index is 5.72. The molecular weight excluding hydrogens is 242 g/mol. The van der Waals surface area contributed by atoms with Crippen LogP contribution in [0.2, 0.25) is 0 Å². The van der Waals surface area contributed by atoms with Crippen LogP contribution in [0.4, 0.5) is 0 Å². The number of hydrogen-bond acceptors (Lipinski definition) is 4. The highest BCUT2D eigenvalue weighted by atomic mass is 16.5. The van der Waals surface area contributed by atoms with Gasteiger partial charge in [0.2, 0.25) is 5.75 Å². The average molecular weight is 265 g/mol. The monoisotopic (exact) mass is 265 g/mol. The van der Waals surface area contributed by atoms with E-state index in [2.05, 4.69) is 12.2 Å². The maximum atomic E-state index is 5.72. The zero-order valence-electron chi connectivity index (χ0n) is 12.0. The normalized spacial score (nSPS) is 14.3. The first-order valence-electron chi connectivity index (χ1n) is 6.89. The summed E-state index contributed by atoms with van der Waals surface area (Å²) in [5.41, 5.74) is 1.16. The Bertz CT molecular complexity index is 391. The van der Waals surface area contributed by atoms with Gasteiger partial charge >= 0.3 is 0 Å². The molecule has 0 aromatic heterocycles. The Morgan fingerprint density at radius 1 is 1.16 bits per heavy atom. The van der Waals surface area contributed by atoms with Gasteiger partial charge in [-0.25, -0.2) is 0 Å². The molecule has 2 rings (SSSR count). The highest BCUT2D eigenvalue weighted by Gasteiger charge is 2.21. The minimum Gasteiger partial charge on any atom is -0.493 e. The molecule has 1 aliphatic rings. The van der Waals surface area contributed by atoms with Gasteiger partial charge < -0.3 is 19.5 Å². The number of methoxy groups -OCH3 is 2. The summed E-state index contributed by atoms with van der Waals surface area (Å²) in [7, 11) is 3.32. The van der Waals surface area contributed by atoms with Crippen LogP contribution in [0, 0.1) is 0 Å². The summed E-state index contributed by atoms with van der Waals surface area (Å²) >= 11 is 0. The van der Waals surface area contributed by atoms with Crippen LogP contribution >= 0.6 is 0 Å². The molecule has 0 amide bonds. The van der Waals surface area contributed by atoms with Crippen molar-refractivity contribution in [3.8, 4) is 17.2 Å². The van der Waals surface area contributed by atoms with E-state index in [9.17, 15) is 0 Å². The van der Waals surface area contributed by atoms with E-state index < -0.39 is 0 Å². The Balaban J connectivity index is 2.16. The Kier molecular flexibility index (Phi) is 4.91. The van der Waals surface area contributed by atoms with Gasteiger partial charge in [-0.1, -0.05) is 6.92 Å².